The van der Waals surface area contributed by atoms with Crippen LogP contribution in [0.15, 0.2) is 47.4 Å². The van der Waals surface area contributed by atoms with Gasteiger partial charge in [-0.15, -0.1) is 0 Å². The molecule has 20 heavy (non-hydrogen) atoms. The van der Waals surface area contributed by atoms with Crippen molar-refractivity contribution < 1.29 is 0 Å². The number of H-pyrrole nitrogens is 1. The highest BCUT2D eigenvalue weighted by Gasteiger charge is 2.02. The van der Waals surface area contributed by atoms with Gasteiger partial charge in [0.2, 0.25) is 0 Å². The summed E-state index contributed by atoms with van der Waals surface area (Å²) in [7, 11) is 0. The van der Waals surface area contributed by atoms with Crippen molar-refractivity contribution in [2.75, 3.05) is 0 Å². The maximum atomic E-state index is 11.7. The first-order chi connectivity index (χ1) is 9.74. The molecular formula is C16H13N3O. The Morgan fingerprint density at radius 1 is 1.05 bits per heavy atom. The van der Waals surface area contributed by atoms with Crippen LogP contribution < -0.4 is 5.56 Å². The van der Waals surface area contributed by atoms with E-state index in [0.29, 0.717) is 5.39 Å². The molecule has 4 heteroatoms. The van der Waals surface area contributed by atoms with E-state index in [1.165, 1.54) is 0 Å². The van der Waals surface area contributed by atoms with Crippen LogP contribution in [0.2, 0.25) is 0 Å². The van der Waals surface area contributed by atoms with Crippen LogP contribution in [0.25, 0.3) is 22.9 Å². The average molecular weight is 263 g/mol. The third-order valence-corrected chi connectivity index (χ3v) is 3.09. The number of nitrogens with zero attached hydrogens (tertiary/aromatic N) is 2. The van der Waals surface area contributed by atoms with Crippen molar-refractivity contribution >= 4 is 22.9 Å². The van der Waals surface area contributed by atoms with Crippen molar-refractivity contribution in [3.63, 3.8) is 0 Å². The van der Waals surface area contributed by atoms with Crippen LogP contribution in [0, 0.1) is 6.92 Å². The zero-order chi connectivity index (χ0) is 13.9. The molecule has 2 aromatic heterocycles. The van der Waals surface area contributed by atoms with Crippen LogP contribution in [-0.2, 0) is 0 Å². The molecule has 0 bridgehead atoms. The second-order valence-corrected chi connectivity index (χ2v) is 4.55. The minimum Gasteiger partial charge on any atom is -0.267 e. The molecule has 1 aromatic carbocycles. The van der Waals surface area contributed by atoms with Crippen LogP contribution >= 0.6 is 0 Å². The predicted molar refractivity (Wildman–Crippen MR) is 80.3 cm³/mol. The number of benzene rings is 1. The molecule has 0 atom stereocenters. The van der Waals surface area contributed by atoms with Gasteiger partial charge in [-0.05, 0) is 30.7 Å². The summed E-state index contributed by atoms with van der Waals surface area (Å²) in [6, 6.07) is 11.4. The molecular weight excluding hydrogens is 250 g/mol. The number of aromatic nitrogens is 3. The number of hydrogen-bond donors (Lipinski definition) is 1. The summed E-state index contributed by atoms with van der Waals surface area (Å²) in [6.45, 7) is 1.95. The molecule has 0 aliphatic rings. The fourth-order valence-electron chi connectivity index (χ4n) is 2.02. The Labute approximate surface area is 115 Å². The third-order valence-electron chi connectivity index (χ3n) is 3.09. The molecule has 0 saturated carbocycles. The highest BCUT2D eigenvalue weighted by molar-refractivity contribution is 5.90. The van der Waals surface area contributed by atoms with E-state index in [9.17, 15) is 4.79 Å². The molecule has 0 fully saturated rings. The Morgan fingerprint density at radius 3 is 2.60 bits per heavy atom. The maximum Gasteiger partial charge on any atom is 0.272 e. The van der Waals surface area contributed by atoms with Crippen molar-refractivity contribution in [2.24, 2.45) is 0 Å². The van der Waals surface area contributed by atoms with Crippen molar-refractivity contribution in [3.8, 4) is 0 Å². The lowest BCUT2D eigenvalue weighted by atomic mass is 10.1. The Balaban J connectivity index is 2.05. The Bertz CT molecular complexity index is 832. The standard InChI is InChI=1S/C16H13N3O/c1-11-6-7-12(10-17-11)8-9-15-13-4-2-3-5-14(13)16(20)19-18-15/h2-10H,1H3,(H,19,20). The first-order valence-electron chi connectivity index (χ1n) is 6.32. The molecule has 0 saturated heterocycles. The molecule has 0 radical (unpaired) electrons. The van der Waals surface area contributed by atoms with Gasteiger partial charge in [0, 0.05) is 17.3 Å². The summed E-state index contributed by atoms with van der Waals surface area (Å²) in [5.41, 5.74) is 2.54. The van der Waals surface area contributed by atoms with Crippen LogP contribution in [-0.4, -0.2) is 15.2 Å². The summed E-state index contributed by atoms with van der Waals surface area (Å²) < 4.78 is 0. The molecule has 3 aromatic rings. The number of pyridine rings is 1. The SMILES string of the molecule is Cc1ccc(C=Cc2n[nH]c(=O)c3ccccc23)cn1. The molecule has 3 rings (SSSR count). The van der Waals surface area contributed by atoms with Crippen molar-refractivity contribution in [1.29, 1.82) is 0 Å². The van der Waals surface area contributed by atoms with Gasteiger partial charge in [0.15, 0.2) is 0 Å². The van der Waals surface area contributed by atoms with Crippen LogP contribution in [0.4, 0.5) is 0 Å². The number of nitrogens with one attached hydrogen (secondary N) is 1. The monoisotopic (exact) mass is 263 g/mol. The third kappa shape index (κ3) is 2.36. The molecule has 1 N–H and O–H groups in total. The van der Waals surface area contributed by atoms with E-state index in [1.807, 2.05) is 49.4 Å². The second-order valence-electron chi connectivity index (χ2n) is 4.55. The lowest BCUT2D eigenvalue weighted by Gasteiger charge is -2.00. The summed E-state index contributed by atoms with van der Waals surface area (Å²) in [4.78, 5) is 15.9. The van der Waals surface area contributed by atoms with Gasteiger partial charge in [0.25, 0.3) is 5.56 Å². The highest BCUT2D eigenvalue weighted by Crippen LogP contribution is 2.15. The number of rotatable bonds is 2. The van der Waals surface area contributed by atoms with E-state index >= 15 is 0 Å². The van der Waals surface area contributed by atoms with Gasteiger partial charge >= 0.3 is 0 Å². The molecule has 0 unspecified atom stereocenters. The quantitative estimate of drug-likeness (QED) is 0.773. The number of aryl methyl sites for hydroxylation is 1. The van der Waals surface area contributed by atoms with Gasteiger partial charge in [0.1, 0.15) is 0 Å². The van der Waals surface area contributed by atoms with E-state index in [4.69, 9.17) is 0 Å². The second kappa shape index (κ2) is 5.09. The van der Waals surface area contributed by atoms with Crippen LogP contribution in [0.5, 0.6) is 0 Å². The summed E-state index contributed by atoms with van der Waals surface area (Å²) in [5.74, 6) is 0. The molecule has 4 nitrogen and oxygen atoms in total. The van der Waals surface area contributed by atoms with E-state index in [2.05, 4.69) is 15.2 Å². The smallest absolute Gasteiger partial charge is 0.267 e. The maximum absolute atomic E-state index is 11.7. The molecule has 0 spiro atoms. The Morgan fingerprint density at radius 2 is 1.85 bits per heavy atom. The van der Waals surface area contributed by atoms with E-state index < -0.39 is 0 Å². The van der Waals surface area contributed by atoms with Gasteiger partial charge < -0.3 is 0 Å². The van der Waals surface area contributed by atoms with Gasteiger partial charge in [-0.2, -0.15) is 5.10 Å². The van der Waals surface area contributed by atoms with E-state index in [-0.39, 0.29) is 5.56 Å². The van der Waals surface area contributed by atoms with Gasteiger partial charge in [-0.1, -0.05) is 30.3 Å². The van der Waals surface area contributed by atoms with E-state index in [0.717, 1.165) is 22.3 Å². The normalized spacial score (nSPS) is 11.2. The average Bonchev–Trinajstić information content (AvgIpc) is 2.49. The molecule has 0 amide bonds. The fourth-order valence-corrected chi connectivity index (χ4v) is 2.02. The highest BCUT2D eigenvalue weighted by atomic mass is 16.1. The van der Waals surface area contributed by atoms with E-state index in [1.54, 1.807) is 12.3 Å². The van der Waals surface area contributed by atoms with Gasteiger partial charge in [-0.3, -0.25) is 9.78 Å². The Kier molecular flexibility index (Phi) is 3.13. The topological polar surface area (TPSA) is 58.6 Å². The Hall–Kier alpha value is -2.75. The van der Waals surface area contributed by atoms with Crippen LogP contribution in [0.3, 0.4) is 0 Å². The first kappa shape index (κ1) is 12.3. The molecule has 0 aliphatic heterocycles. The first-order valence-corrected chi connectivity index (χ1v) is 6.32. The number of aromatic amines is 1. The van der Waals surface area contributed by atoms with Gasteiger partial charge in [0.05, 0.1) is 11.1 Å². The molecule has 98 valence electrons. The van der Waals surface area contributed by atoms with Gasteiger partial charge in [-0.25, -0.2) is 5.10 Å². The summed E-state index contributed by atoms with van der Waals surface area (Å²) >= 11 is 0. The zero-order valence-corrected chi connectivity index (χ0v) is 11.0. The lowest BCUT2D eigenvalue weighted by molar-refractivity contribution is 1.00. The summed E-state index contributed by atoms with van der Waals surface area (Å²) in [6.07, 6.45) is 5.61. The number of hydrogen-bond acceptors (Lipinski definition) is 3. The predicted octanol–water partition coefficient (Wildman–Crippen LogP) is 2.80. The molecule has 0 aliphatic carbocycles. The van der Waals surface area contributed by atoms with Crippen molar-refractivity contribution in [3.05, 3.63) is 69.9 Å². The summed E-state index contributed by atoms with van der Waals surface area (Å²) in [5, 5.41) is 8.09. The van der Waals surface area contributed by atoms with Crippen LogP contribution in [0.1, 0.15) is 17.0 Å². The largest absolute Gasteiger partial charge is 0.272 e. The van der Waals surface area contributed by atoms with Crippen molar-refractivity contribution in [1.82, 2.24) is 15.2 Å². The lowest BCUT2D eigenvalue weighted by Crippen LogP contribution is -2.09. The molecule has 2 heterocycles. The zero-order valence-electron chi connectivity index (χ0n) is 11.0. The number of fused-ring (bicyclic) bond motifs is 1. The van der Waals surface area contributed by atoms with Crippen molar-refractivity contribution in [2.45, 2.75) is 6.92 Å². The fraction of sp³-hybridized carbons (Fsp3) is 0.0625. The minimum atomic E-state index is -0.172. The minimum absolute atomic E-state index is 0.172.